The van der Waals surface area contributed by atoms with Crippen LogP contribution in [0.3, 0.4) is 0 Å². The van der Waals surface area contributed by atoms with Gasteiger partial charge in [0.15, 0.2) is 0 Å². The van der Waals surface area contributed by atoms with Crippen molar-refractivity contribution in [2.24, 2.45) is 0 Å². The summed E-state index contributed by atoms with van der Waals surface area (Å²) in [7, 11) is 0. The maximum absolute atomic E-state index is 2.22. The van der Waals surface area contributed by atoms with E-state index in [2.05, 4.69) is 60.7 Å². The molecule has 0 N–H and O–H groups in total. The molecule has 1 radical (unpaired) electrons. The summed E-state index contributed by atoms with van der Waals surface area (Å²) in [6.07, 6.45) is 17.0. The van der Waals surface area contributed by atoms with E-state index in [0.29, 0.717) is 5.92 Å². The third kappa shape index (κ3) is 5.63. The smallest absolute Gasteiger partial charge is 0.214 e. The zero-order valence-corrected chi connectivity index (χ0v) is 13.7. The van der Waals surface area contributed by atoms with Crippen LogP contribution in [0.5, 0.6) is 0 Å². The molecule has 21 heavy (non-hydrogen) atoms. The molecule has 0 amide bonds. The molecule has 105 valence electrons. The molecule has 0 saturated carbocycles. The molecule has 0 atom stereocenters. The van der Waals surface area contributed by atoms with Crippen LogP contribution in [0, 0.1) is 0 Å². The van der Waals surface area contributed by atoms with Crippen LogP contribution in [0.1, 0.15) is 24.0 Å². The van der Waals surface area contributed by atoms with E-state index in [9.17, 15) is 0 Å². The van der Waals surface area contributed by atoms with Crippen molar-refractivity contribution in [3.8, 4) is 0 Å². The van der Waals surface area contributed by atoms with E-state index in [4.69, 9.17) is 0 Å². The Morgan fingerprint density at radius 3 is 2.33 bits per heavy atom. The van der Waals surface area contributed by atoms with Crippen molar-refractivity contribution < 1.29 is 18.6 Å². The standard InChI is InChI=1S/C15H15.C5H5.V/c1-2-3-4-8-14-11-7-12-15(14)13-9-5-6-10-13;1-2-4-5-3-1;/h2-13H,1H3;1-5H;/q2*-1;+2. The Hall–Kier alpha value is -1.76. The zero-order valence-electron chi connectivity index (χ0n) is 12.3. The maximum atomic E-state index is 2.22. The minimum atomic E-state index is 0. The molecular weight excluding hydrogens is 291 g/mol. The monoisotopic (exact) mass is 311 g/mol. The first-order valence-electron chi connectivity index (χ1n) is 6.98. The van der Waals surface area contributed by atoms with Gasteiger partial charge in [-0.15, -0.1) is 35.4 Å². The molecule has 0 heterocycles. The molecule has 0 aliphatic heterocycles. The molecule has 1 aliphatic rings. The van der Waals surface area contributed by atoms with Crippen LogP contribution in [0.2, 0.25) is 0 Å². The third-order valence-electron chi connectivity index (χ3n) is 3.13. The number of hydrogen-bond donors (Lipinski definition) is 0. The van der Waals surface area contributed by atoms with Crippen LogP contribution in [-0.4, -0.2) is 0 Å². The molecule has 0 unspecified atom stereocenters. The van der Waals surface area contributed by atoms with Gasteiger partial charge in [0, 0.05) is 5.92 Å². The van der Waals surface area contributed by atoms with Gasteiger partial charge >= 0.3 is 18.6 Å². The Morgan fingerprint density at radius 2 is 1.76 bits per heavy atom. The summed E-state index contributed by atoms with van der Waals surface area (Å²) in [5, 5.41) is 0. The van der Waals surface area contributed by atoms with Crippen LogP contribution in [-0.2, 0) is 18.6 Å². The Kier molecular flexibility index (Phi) is 8.27. The first kappa shape index (κ1) is 17.3. The Balaban J connectivity index is 0.000000313. The fourth-order valence-electron chi connectivity index (χ4n) is 2.13. The van der Waals surface area contributed by atoms with Gasteiger partial charge in [-0.3, -0.25) is 0 Å². The van der Waals surface area contributed by atoms with Gasteiger partial charge in [-0.25, -0.2) is 12.1 Å². The summed E-state index contributed by atoms with van der Waals surface area (Å²) in [6, 6.07) is 16.5. The molecular formula is C20H20V. The molecule has 0 bridgehead atoms. The molecule has 0 fully saturated rings. The van der Waals surface area contributed by atoms with Crippen molar-refractivity contribution in [1.82, 2.24) is 0 Å². The van der Waals surface area contributed by atoms with E-state index >= 15 is 0 Å². The molecule has 1 aliphatic carbocycles. The van der Waals surface area contributed by atoms with Gasteiger partial charge in [-0.2, -0.15) is 30.3 Å². The van der Waals surface area contributed by atoms with Crippen molar-refractivity contribution in [1.29, 1.82) is 0 Å². The van der Waals surface area contributed by atoms with E-state index in [1.165, 1.54) is 11.1 Å². The molecule has 0 saturated heterocycles. The zero-order chi connectivity index (χ0) is 14.0. The third-order valence-corrected chi connectivity index (χ3v) is 3.13. The second-order valence-corrected chi connectivity index (χ2v) is 4.58. The van der Waals surface area contributed by atoms with Gasteiger partial charge in [-0.1, -0.05) is 30.4 Å². The largest absolute Gasteiger partial charge is 2.00 e. The van der Waals surface area contributed by atoms with Gasteiger partial charge in [0.25, 0.3) is 0 Å². The predicted molar refractivity (Wildman–Crippen MR) is 88.9 cm³/mol. The van der Waals surface area contributed by atoms with Gasteiger partial charge < -0.3 is 0 Å². The molecule has 2 aromatic carbocycles. The topological polar surface area (TPSA) is 0 Å². The summed E-state index contributed by atoms with van der Waals surface area (Å²) in [5.74, 6) is 0.463. The van der Waals surface area contributed by atoms with Gasteiger partial charge in [0.1, 0.15) is 0 Å². The van der Waals surface area contributed by atoms with Crippen LogP contribution in [0.4, 0.5) is 0 Å². The Labute approximate surface area is 139 Å². The minimum Gasteiger partial charge on any atom is -0.214 e. The fourth-order valence-corrected chi connectivity index (χ4v) is 2.13. The molecule has 0 aromatic heterocycles. The molecule has 0 spiro atoms. The van der Waals surface area contributed by atoms with E-state index in [1.807, 2.05) is 43.3 Å². The quantitative estimate of drug-likeness (QED) is 0.511. The summed E-state index contributed by atoms with van der Waals surface area (Å²) in [4.78, 5) is 0. The van der Waals surface area contributed by atoms with Gasteiger partial charge in [0.2, 0.25) is 0 Å². The van der Waals surface area contributed by atoms with Gasteiger partial charge in [-0.05, 0) is 6.92 Å². The van der Waals surface area contributed by atoms with Crippen molar-refractivity contribution in [3.05, 3.63) is 102 Å². The first-order chi connectivity index (χ1) is 9.92. The van der Waals surface area contributed by atoms with E-state index < -0.39 is 0 Å². The fraction of sp³-hybridized carbons (Fsp3) is 0.100. The summed E-state index contributed by atoms with van der Waals surface area (Å²) < 4.78 is 0. The molecule has 2 aromatic rings. The first-order valence-corrected chi connectivity index (χ1v) is 6.98. The van der Waals surface area contributed by atoms with Gasteiger partial charge in [0.05, 0.1) is 0 Å². The maximum Gasteiger partial charge on any atom is 2.00 e. The normalized spacial score (nSPS) is 13.6. The van der Waals surface area contributed by atoms with Crippen molar-refractivity contribution in [3.63, 3.8) is 0 Å². The molecule has 1 heteroatoms. The van der Waals surface area contributed by atoms with Crippen LogP contribution < -0.4 is 0 Å². The van der Waals surface area contributed by atoms with Crippen LogP contribution in [0.25, 0.3) is 6.08 Å². The van der Waals surface area contributed by atoms with Crippen molar-refractivity contribution >= 4 is 6.08 Å². The van der Waals surface area contributed by atoms with Crippen molar-refractivity contribution in [2.75, 3.05) is 0 Å². The van der Waals surface area contributed by atoms with Crippen LogP contribution >= 0.6 is 0 Å². The minimum absolute atomic E-state index is 0. The van der Waals surface area contributed by atoms with E-state index in [0.717, 1.165) is 0 Å². The second kappa shape index (κ2) is 10.0. The van der Waals surface area contributed by atoms with Crippen molar-refractivity contribution in [2.45, 2.75) is 12.8 Å². The number of allylic oxidation sites excluding steroid dienone is 7. The Bertz CT molecular complexity index is 562. The second-order valence-electron chi connectivity index (χ2n) is 4.58. The number of hydrogen-bond acceptors (Lipinski definition) is 0. The average Bonchev–Trinajstić information content (AvgIpc) is 3.22. The summed E-state index contributed by atoms with van der Waals surface area (Å²) >= 11 is 0. The molecule has 3 rings (SSSR count). The van der Waals surface area contributed by atoms with E-state index in [1.54, 1.807) is 0 Å². The summed E-state index contributed by atoms with van der Waals surface area (Å²) in [5.41, 5.74) is 2.70. The summed E-state index contributed by atoms with van der Waals surface area (Å²) in [6.45, 7) is 2.03. The van der Waals surface area contributed by atoms with E-state index in [-0.39, 0.29) is 18.6 Å². The SMILES string of the molecule is CC=CC=C[c-]1cccc1C1C=CC=C1.[V+2].c1cc[cH-]c1. The predicted octanol–water partition coefficient (Wildman–Crippen LogP) is 5.61. The molecule has 0 nitrogen and oxygen atoms in total. The average molecular weight is 311 g/mol. The Morgan fingerprint density at radius 1 is 1.05 bits per heavy atom. The van der Waals surface area contributed by atoms with Crippen LogP contribution in [0.15, 0.2) is 91.1 Å². The number of rotatable bonds is 3.